The standard InChI is InChI=1S/C13H20O2/c1-9(2)13(15,10(3)4)11-7-5-6-8-12(11)14/h5-10,14-15H,1-4H3. The molecule has 0 bridgehead atoms. The number of hydrogen-bond acceptors (Lipinski definition) is 2. The van der Waals surface area contributed by atoms with Crippen molar-refractivity contribution in [2.24, 2.45) is 11.8 Å². The van der Waals surface area contributed by atoms with Gasteiger partial charge in [0, 0.05) is 5.56 Å². The Hall–Kier alpha value is -1.02. The summed E-state index contributed by atoms with van der Waals surface area (Å²) in [5, 5.41) is 20.4. The van der Waals surface area contributed by atoms with E-state index in [4.69, 9.17) is 0 Å². The zero-order chi connectivity index (χ0) is 11.6. The van der Waals surface area contributed by atoms with E-state index < -0.39 is 5.60 Å². The molecule has 0 spiro atoms. The summed E-state index contributed by atoms with van der Waals surface area (Å²) in [6, 6.07) is 7.01. The molecule has 0 atom stereocenters. The molecule has 0 saturated heterocycles. The molecule has 0 aliphatic heterocycles. The van der Waals surface area contributed by atoms with Gasteiger partial charge in [0.15, 0.2) is 0 Å². The molecule has 0 saturated carbocycles. The maximum absolute atomic E-state index is 10.7. The van der Waals surface area contributed by atoms with Crippen LogP contribution in [0.4, 0.5) is 0 Å². The highest BCUT2D eigenvalue weighted by Crippen LogP contribution is 2.40. The van der Waals surface area contributed by atoms with Crippen LogP contribution in [0.2, 0.25) is 0 Å². The number of aromatic hydroxyl groups is 1. The van der Waals surface area contributed by atoms with Gasteiger partial charge < -0.3 is 10.2 Å². The van der Waals surface area contributed by atoms with Gasteiger partial charge in [0.2, 0.25) is 0 Å². The zero-order valence-corrected chi connectivity index (χ0v) is 9.86. The van der Waals surface area contributed by atoms with Gasteiger partial charge in [-0.15, -0.1) is 0 Å². The second-order valence-corrected chi connectivity index (χ2v) is 4.65. The van der Waals surface area contributed by atoms with Gasteiger partial charge in [-0.3, -0.25) is 0 Å². The molecule has 2 heteroatoms. The van der Waals surface area contributed by atoms with Crippen molar-refractivity contribution in [2.75, 3.05) is 0 Å². The van der Waals surface area contributed by atoms with Crippen molar-refractivity contribution in [3.05, 3.63) is 29.8 Å². The minimum Gasteiger partial charge on any atom is -0.508 e. The Morgan fingerprint density at radius 2 is 1.47 bits per heavy atom. The molecule has 1 rings (SSSR count). The van der Waals surface area contributed by atoms with Crippen molar-refractivity contribution >= 4 is 0 Å². The summed E-state index contributed by atoms with van der Waals surface area (Å²) in [5.41, 5.74) is -0.347. The first-order valence-electron chi connectivity index (χ1n) is 5.41. The average Bonchev–Trinajstić information content (AvgIpc) is 2.16. The van der Waals surface area contributed by atoms with Crippen LogP contribution in [0.15, 0.2) is 24.3 Å². The quantitative estimate of drug-likeness (QED) is 0.801. The molecular weight excluding hydrogens is 188 g/mol. The minimum atomic E-state index is -0.967. The molecule has 0 unspecified atom stereocenters. The highest BCUT2D eigenvalue weighted by molar-refractivity contribution is 5.37. The van der Waals surface area contributed by atoms with E-state index in [0.29, 0.717) is 5.56 Å². The van der Waals surface area contributed by atoms with Crippen LogP contribution in [0.1, 0.15) is 33.3 Å². The van der Waals surface area contributed by atoms with Crippen LogP contribution in [0.25, 0.3) is 0 Å². The van der Waals surface area contributed by atoms with Gasteiger partial charge in [-0.1, -0.05) is 45.9 Å². The highest BCUT2D eigenvalue weighted by atomic mass is 16.3. The maximum atomic E-state index is 10.7. The predicted octanol–water partition coefficient (Wildman–Crippen LogP) is 2.89. The number of aliphatic hydroxyl groups is 1. The Labute approximate surface area is 91.6 Å². The molecule has 2 nitrogen and oxygen atoms in total. The highest BCUT2D eigenvalue weighted by Gasteiger charge is 2.38. The molecule has 0 aromatic heterocycles. The van der Waals surface area contributed by atoms with Crippen molar-refractivity contribution in [3.8, 4) is 5.75 Å². The number of phenolic OH excluding ortho intramolecular Hbond substituents is 1. The lowest BCUT2D eigenvalue weighted by Crippen LogP contribution is -2.37. The van der Waals surface area contributed by atoms with Crippen molar-refractivity contribution in [3.63, 3.8) is 0 Å². The predicted molar refractivity (Wildman–Crippen MR) is 61.7 cm³/mol. The van der Waals surface area contributed by atoms with Gasteiger partial charge in [0.1, 0.15) is 5.75 Å². The number of para-hydroxylation sites is 1. The first-order chi connectivity index (χ1) is 6.90. The molecular formula is C13H20O2. The largest absolute Gasteiger partial charge is 0.508 e. The Balaban J connectivity index is 3.28. The van der Waals surface area contributed by atoms with Crippen LogP contribution in [-0.2, 0) is 5.60 Å². The monoisotopic (exact) mass is 208 g/mol. The van der Waals surface area contributed by atoms with Crippen molar-refractivity contribution in [2.45, 2.75) is 33.3 Å². The first-order valence-corrected chi connectivity index (χ1v) is 5.41. The number of rotatable bonds is 3. The molecule has 0 radical (unpaired) electrons. The van der Waals surface area contributed by atoms with Crippen LogP contribution in [0, 0.1) is 11.8 Å². The lowest BCUT2D eigenvalue weighted by atomic mass is 9.75. The Bertz CT molecular complexity index is 321. The van der Waals surface area contributed by atoms with E-state index in [-0.39, 0.29) is 17.6 Å². The fourth-order valence-electron chi connectivity index (χ4n) is 2.10. The van der Waals surface area contributed by atoms with Crippen LogP contribution in [0.3, 0.4) is 0 Å². The molecule has 0 amide bonds. The summed E-state index contributed by atoms with van der Waals surface area (Å²) in [4.78, 5) is 0. The van der Waals surface area contributed by atoms with Crippen LogP contribution in [-0.4, -0.2) is 10.2 Å². The topological polar surface area (TPSA) is 40.5 Å². The van der Waals surface area contributed by atoms with Gasteiger partial charge in [-0.05, 0) is 17.9 Å². The first kappa shape index (κ1) is 12.1. The molecule has 1 aromatic rings. The van der Waals surface area contributed by atoms with Gasteiger partial charge in [0.25, 0.3) is 0 Å². The number of phenols is 1. The van der Waals surface area contributed by atoms with E-state index in [2.05, 4.69) is 0 Å². The van der Waals surface area contributed by atoms with Crippen LogP contribution < -0.4 is 0 Å². The third kappa shape index (κ3) is 2.00. The SMILES string of the molecule is CC(C)C(O)(c1ccccc1O)C(C)C. The molecule has 84 valence electrons. The van der Waals surface area contributed by atoms with E-state index in [1.807, 2.05) is 33.8 Å². The van der Waals surface area contributed by atoms with E-state index in [1.54, 1.807) is 18.2 Å². The maximum Gasteiger partial charge on any atom is 0.121 e. The Kier molecular flexibility index (Phi) is 3.40. The second-order valence-electron chi connectivity index (χ2n) is 4.65. The fraction of sp³-hybridized carbons (Fsp3) is 0.538. The zero-order valence-electron chi connectivity index (χ0n) is 9.86. The molecule has 0 aliphatic rings. The lowest BCUT2D eigenvalue weighted by molar-refractivity contribution is -0.0546. The molecule has 0 aliphatic carbocycles. The Morgan fingerprint density at radius 1 is 1.00 bits per heavy atom. The summed E-state index contributed by atoms with van der Waals surface area (Å²) in [6.07, 6.45) is 0. The lowest BCUT2D eigenvalue weighted by Gasteiger charge is -2.37. The summed E-state index contributed by atoms with van der Waals surface area (Å²) in [6.45, 7) is 7.86. The van der Waals surface area contributed by atoms with Gasteiger partial charge in [0.05, 0.1) is 5.60 Å². The van der Waals surface area contributed by atoms with Gasteiger partial charge >= 0.3 is 0 Å². The van der Waals surface area contributed by atoms with Crippen molar-refractivity contribution < 1.29 is 10.2 Å². The van der Waals surface area contributed by atoms with Crippen molar-refractivity contribution in [1.29, 1.82) is 0 Å². The summed E-state index contributed by atoms with van der Waals surface area (Å²) >= 11 is 0. The Morgan fingerprint density at radius 3 is 1.87 bits per heavy atom. The molecule has 15 heavy (non-hydrogen) atoms. The summed E-state index contributed by atoms with van der Waals surface area (Å²) < 4.78 is 0. The molecule has 0 fully saturated rings. The van der Waals surface area contributed by atoms with E-state index in [1.165, 1.54) is 0 Å². The molecule has 0 heterocycles. The summed E-state index contributed by atoms with van der Waals surface area (Å²) in [7, 11) is 0. The molecule has 1 aromatic carbocycles. The third-order valence-corrected chi connectivity index (χ3v) is 3.10. The number of hydrogen-bond donors (Lipinski definition) is 2. The normalized spacial score (nSPS) is 12.5. The van der Waals surface area contributed by atoms with E-state index >= 15 is 0 Å². The summed E-state index contributed by atoms with van der Waals surface area (Å²) in [5.74, 6) is 0.291. The minimum absolute atomic E-state index is 0.0609. The van der Waals surface area contributed by atoms with Crippen LogP contribution >= 0.6 is 0 Å². The number of benzene rings is 1. The molecule has 2 N–H and O–H groups in total. The van der Waals surface area contributed by atoms with E-state index in [9.17, 15) is 10.2 Å². The second kappa shape index (κ2) is 4.23. The fourth-order valence-corrected chi connectivity index (χ4v) is 2.10. The third-order valence-electron chi connectivity index (χ3n) is 3.10. The smallest absolute Gasteiger partial charge is 0.121 e. The van der Waals surface area contributed by atoms with Gasteiger partial charge in [-0.2, -0.15) is 0 Å². The average molecular weight is 208 g/mol. The van der Waals surface area contributed by atoms with Gasteiger partial charge in [-0.25, -0.2) is 0 Å². The van der Waals surface area contributed by atoms with E-state index in [0.717, 1.165) is 0 Å². The van der Waals surface area contributed by atoms with Crippen LogP contribution in [0.5, 0.6) is 5.75 Å². The van der Waals surface area contributed by atoms with Crippen molar-refractivity contribution in [1.82, 2.24) is 0 Å².